The minimum absolute atomic E-state index is 0.179. The molecule has 0 saturated heterocycles. The molecule has 0 saturated carbocycles. The number of nitrogens with one attached hydrogen (secondary N) is 1. The van der Waals surface area contributed by atoms with E-state index in [0.717, 1.165) is 37.4 Å². The van der Waals surface area contributed by atoms with E-state index in [2.05, 4.69) is 26.4 Å². The molecule has 0 fully saturated rings. The van der Waals surface area contributed by atoms with Gasteiger partial charge < -0.3 is 9.84 Å². The van der Waals surface area contributed by atoms with E-state index >= 15 is 0 Å². The lowest BCUT2D eigenvalue weighted by molar-refractivity contribution is 0.102. The molecule has 0 unspecified atom stereocenters. The molecule has 0 atom stereocenters. The number of hydrogen-bond acceptors (Lipinski definition) is 3. The molecule has 140 valence electrons. The number of hydrogen-bond donors (Lipinski definition) is 1. The molecule has 0 aliphatic heterocycles. The van der Waals surface area contributed by atoms with Crippen LogP contribution in [-0.2, 0) is 0 Å². The number of rotatable bonds is 3. The fraction of sp³-hybridized carbons (Fsp3) is 0. The van der Waals surface area contributed by atoms with Crippen molar-refractivity contribution in [2.24, 2.45) is 0 Å². The number of nitrogens with zero attached hydrogens (tertiary/aromatic N) is 1. The van der Waals surface area contributed by atoms with E-state index in [1.807, 2.05) is 72.8 Å². The van der Waals surface area contributed by atoms with Crippen LogP contribution in [-0.4, -0.2) is 11.1 Å². The van der Waals surface area contributed by atoms with Gasteiger partial charge in [0.2, 0.25) is 0 Å². The Labute approximate surface area is 175 Å². The fourth-order valence-corrected chi connectivity index (χ4v) is 3.92. The maximum atomic E-state index is 12.9. The number of benzene rings is 4. The van der Waals surface area contributed by atoms with E-state index in [1.165, 1.54) is 0 Å². The van der Waals surface area contributed by atoms with Crippen LogP contribution in [0.4, 0.5) is 5.69 Å². The Morgan fingerprint density at radius 3 is 2.59 bits per heavy atom. The van der Waals surface area contributed by atoms with Gasteiger partial charge >= 0.3 is 0 Å². The summed E-state index contributed by atoms with van der Waals surface area (Å²) in [5.74, 6) is 0.479. The van der Waals surface area contributed by atoms with Crippen LogP contribution >= 0.6 is 15.9 Å². The standard InChI is InChI=1S/C24H15BrN2O2/c25-21-8-4-7-16-13-18(10-11-19(16)21)26-24(28)17-9-12-22-20(14-17)23(29-27-22)15-5-2-1-3-6-15/h1-14H,(H,26,28). The summed E-state index contributed by atoms with van der Waals surface area (Å²) in [6.07, 6.45) is 0. The van der Waals surface area contributed by atoms with Gasteiger partial charge in [-0.3, -0.25) is 4.79 Å². The lowest BCUT2D eigenvalue weighted by Gasteiger charge is -2.08. The third-order valence-corrected chi connectivity index (χ3v) is 5.55. The molecular weight excluding hydrogens is 428 g/mol. The number of halogens is 1. The van der Waals surface area contributed by atoms with E-state index in [1.54, 1.807) is 12.1 Å². The fourth-order valence-electron chi connectivity index (χ4n) is 3.41. The van der Waals surface area contributed by atoms with Gasteiger partial charge in [0.15, 0.2) is 5.76 Å². The van der Waals surface area contributed by atoms with Gasteiger partial charge in [0, 0.05) is 21.3 Å². The zero-order chi connectivity index (χ0) is 19.8. The van der Waals surface area contributed by atoms with Crippen LogP contribution in [0.1, 0.15) is 10.4 Å². The van der Waals surface area contributed by atoms with Crippen LogP contribution < -0.4 is 5.32 Å². The first-order valence-corrected chi connectivity index (χ1v) is 9.93. The summed E-state index contributed by atoms with van der Waals surface area (Å²) in [7, 11) is 0. The van der Waals surface area contributed by atoms with Gasteiger partial charge in [-0.2, -0.15) is 0 Å². The lowest BCUT2D eigenvalue weighted by atomic mass is 10.1. The molecule has 4 nitrogen and oxygen atoms in total. The topological polar surface area (TPSA) is 55.1 Å². The summed E-state index contributed by atoms with van der Waals surface area (Å²) in [5, 5.41) is 10.1. The van der Waals surface area contributed by atoms with Crippen molar-refractivity contribution in [2.75, 3.05) is 5.32 Å². The molecule has 1 aromatic heterocycles. The van der Waals surface area contributed by atoms with Gasteiger partial charge in [-0.15, -0.1) is 0 Å². The van der Waals surface area contributed by atoms with Crippen molar-refractivity contribution in [1.29, 1.82) is 0 Å². The Bertz CT molecular complexity index is 1360. The van der Waals surface area contributed by atoms with Gasteiger partial charge in [0.05, 0.1) is 5.39 Å². The predicted octanol–water partition coefficient (Wildman–Crippen LogP) is 6.66. The minimum Gasteiger partial charge on any atom is -0.355 e. The zero-order valence-electron chi connectivity index (χ0n) is 15.2. The SMILES string of the molecule is O=C(Nc1ccc2c(Br)cccc2c1)c1ccc2noc(-c3ccccc3)c2c1. The Balaban J connectivity index is 1.48. The van der Waals surface area contributed by atoms with E-state index in [4.69, 9.17) is 4.52 Å². The maximum absolute atomic E-state index is 12.9. The Hall–Kier alpha value is -3.44. The molecule has 0 bridgehead atoms. The summed E-state index contributed by atoms with van der Waals surface area (Å²) in [6.45, 7) is 0. The highest BCUT2D eigenvalue weighted by molar-refractivity contribution is 9.10. The van der Waals surface area contributed by atoms with Crippen LogP contribution in [0.5, 0.6) is 0 Å². The number of amides is 1. The Morgan fingerprint density at radius 2 is 1.72 bits per heavy atom. The van der Waals surface area contributed by atoms with Crippen LogP contribution in [0, 0.1) is 0 Å². The van der Waals surface area contributed by atoms with E-state index in [-0.39, 0.29) is 5.91 Å². The normalized spacial score (nSPS) is 11.1. The third-order valence-electron chi connectivity index (χ3n) is 4.86. The van der Waals surface area contributed by atoms with Crippen molar-refractivity contribution in [3.63, 3.8) is 0 Å². The number of carbonyl (C=O) groups is 1. The molecule has 0 radical (unpaired) electrons. The van der Waals surface area contributed by atoms with Crippen LogP contribution in [0.2, 0.25) is 0 Å². The van der Waals surface area contributed by atoms with E-state index < -0.39 is 0 Å². The highest BCUT2D eigenvalue weighted by atomic mass is 79.9. The largest absolute Gasteiger partial charge is 0.355 e. The molecule has 0 spiro atoms. The monoisotopic (exact) mass is 442 g/mol. The number of carbonyl (C=O) groups excluding carboxylic acids is 1. The summed E-state index contributed by atoms with van der Waals surface area (Å²) >= 11 is 3.55. The molecular formula is C24H15BrN2O2. The van der Waals surface area contributed by atoms with Crippen molar-refractivity contribution >= 4 is 49.2 Å². The third kappa shape index (κ3) is 3.30. The molecule has 0 aliphatic rings. The van der Waals surface area contributed by atoms with Crippen molar-refractivity contribution in [2.45, 2.75) is 0 Å². The smallest absolute Gasteiger partial charge is 0.255 e. The average Bonchev–Trinajstić information content (AvgIpc) is 3.18. The van der Waals surface area contributed by atoms with Gasteiger partial charge in [0.25, 0.3) is 5.91 Å². The molecule has 5 rings (SSSR count). The quantitative estimate of drug-likeness (QED) is 0.339. The van der Waals surface area contributed by atoms with Crippen LogP contribution in [0.15, 0.2) is 93.9 Å². The highest BCUT2D eigenvalue weighted by Gasteiger charge is 2.14. The maximum Gasteiger partial charge on any atom is 0.255 e. The summed E-state index contributed by atoms with van der Waals surface area (Å²) in [5.41, 5.74) is 2.94. The molecule has 0 aliphatic carbocycles. The van der Waals surface area contributed by atoms with Gasteiger partial charge in [0.1, 0.15) is 5.52 Å². The molecule has 29 heavy (non-hydrogen) atoms. The molecule has 1 amide bonds. The first-order chi connectivity index (χ1) is 14.2. The van der Waals surface area contributed by atoms with Crippen LogP contribution in [0.25, 0.3) is 33.0 Å². The van der Waals surface area contributed by atoms with Gasteiger partial charge in [-0.1, -0.05) is 69.6 Å². The highest BCUT2D eigenvalue weighted by Crippen LogP contribution is 2.30. The molecule has 5 aromatic rings. The number of fused-ring (bicyclic) bond motifs is 2. The summed E-state index contributed by atoms with van der Waals surface area (Å²) in [6, 6.07) is 27.0. The first-order valence-electron chi connectivity index (χ1n) is 9.13. The molecule has 1 N–H and O–H groups in total. The van der Waals surface area contributed by atoms with Crippen molar-refractivity contribution in [1.82, 2.24) is 5.16 Å². The summed E-state index contributed by atoms with van der Waals surface area (Å²) in [4.78, 5) is 12.9. The molecule has 4 aromatic carbocycles. The van der Waals surface area contributed by atoms with E-state index in [9.17, 15) is 4.79 Å². The number of anilines is 1. The van der Waals surface area contributed by atoms with Crippen molar-refractivity contribution < 1.29 is 9.32 Å². The van der Waals surface area contributed by atoms with E-state index in [0.29, 0.717) is 11.3 Å². The Kier molecular flexibility index (Phi) is 4.37. The zero-order valence-corrected chi connectivity index (χ0v) is 16.8. The van der Waals surface area contributed by atoms with Gasteiger partial charge in [-0.25, -0.2) is 0 Å². The second-order valence-corrected chi connectivity index (χ2v) is 7.59. The first kappa shape index (κ1) is 17.6. The van der Waals surface area contributed by atoms with Crippen LogP contribution in [0.3, 0.4) is 0 Å². The van der Waals surface area contributed by atoms with Gasteiger partial charge in [-0.05, 0) is 47.2 Å². The van der Waals surface area contributed by atoms with Crippen molar-refractivity contribution in [3.8, 4) is 11.3 Å². The minimum atomic E-state index is -0.179. The van der Waals surface area contributed by atoms with Crippen molar-refractivity contribution in [3.05, 3.63) is 95.0 Å². The molecule has 5 heteroatoms. The lowest BCUT2D eigenvalue weighted by Crippen LogP contribution is -2.11. The number of aromatic nitrogens is 1. The molecule has 1 heterocycles. The second-order valence-electron chi connectivity index (χ2n) is 6.74. The predicted molar refractivity (Wildman–Crippen MR) is 119 cm³/mol. The average molecular weight is 443 g/mol. The summed E-state index contributed by atoms with van der Waals surface area (Å²) < 4.78 is 6.55. The Morgan fingerprint density at radius 1 is 0.862 bits per heavy atom. The second kappa shape index (κ2) is 7.18.